The number of sulfonamides is 1. The van der Waals surface area contributed by atoms with Crippen molar-refractivity contribution < 1.29 is 13.2 Å². The van der Waals surface area contributed by atoms with Gasteiger partial charge in [-0.3, -0.25) is 0 Å². The minimum absolute atomic E-state index is 0.214. The number of nitrogens with zero attached hydrogens (tertiary/aromatic N) is 2. The molecular formula is C18H23N3O3S. The van der Waals surface area contributed by atoms with E-state index < -0.39 is 10.0 Å². The third-order valence-corrected chi connectivity index (χ3v) is 5.79. The maximum absolute atomic E-state index is 12.5. The molecule has 1 aliphatic heterocycles. The fourth-order valence-corrected chi connectivity index (χ4v) is 4.10. The summed E-state index contributed by atoms with van der Waals surface area (Å²) < 4.78 is 33.1. The molecule has 0 radical (unpaired) electrons. The number of rotatable bonds is 5. The Morgan fingerprint density at radius 1 is 1.16 bits per heavy atom. The summed E-state index contributed by atoms with van der Waals surface area (Å²) in [7, 11) is -3.55. The molecule has 0 spiro atoms. The number of anilines is 1. The lowest BCUT2D eigenvalue weighted by Gasteiger charge is -2.27. The van der Waals surface area contributed by atoms with Crippen LogP contribution in [-0.2, 0) is 21.3 Å². The average Bonchev–Trinajstić information content (AvgIpc) is 2.63. The Balaban J connectivity index is 1.67. The third-order valence-electron chi connectivity index (χ3n) is 4.24. The number of aromatic nitrogens is 1. The Morgan fingerprint density at radius 2 is 1.92 bits per heavy atom. The highest BCUT2D eigenvalue weighted by Gasteiger charge is 2.17. The summed E-state index contributed by atoms with van der Waals surface area (Å²) in [4.78, 5) is 6.93. The molecule has 1 aliphatic rings. The Morgan fingerprint density at radius 3 is 2.60 bits per heavy atom. The van der Waals surface area contributed by atoms with Crippen LogP contribution in [0, 0.1) is 13.8 Å². The highest BCUT2D eigenvalue weighted by molar-refractivity contribution is 7.89. The van der Waals surface area contributed by atoms with Gasteiger partial charge in [-0.1, -0.05) is 18.2 Å². The van der Waals surface area contributed by atoms with E-state index in [0.29, 0.717) is 18.1 Å². The normalized spacial score (nSPS) is 15.4. The van der Waals surface area contributed by atoms with Crippen molar-refractivity contribution in [3.8, 4) is 0 Å². The Kier molecular flexibility index (Phi) is 5.36. The molecular weight excluding hydrogens is 338 g/mol. The second kappa shape index (κ2) is 7.51. The van der Waals surface area contributed by atoms with Crippen molar-refractivity contribution in [2.45, 2.75) is 25.3 Å². The molecule has 0 aliphatic carbocycles. The molecule has 25 heavy (non-hydrogen) atoms. The minimum Gasteiger partial charge on any atom is -0.378 e. The van der Waals surface area contributed by atoms with Gasteiger partial charge in [0.15, 0.2) is 0 Å². The van der Waals surface area contributed by atoms with Crippen molar-refractivity contribution in [3.05, 3.63) is 53.2 Å². The lowest BCUT2D eigenvalue weighted by molar-refractivity contribution is 0.122. The first-order valence-corrected chi connectivity index (χ1v) is 9.78. The average molecular weight is 361 g/mol. The smallest absolute Gasteiger partial charge is 0.241 e. The van der Waals surface area contributed by atoms with Crippen LogP contribution in [0.15, 0.2) is 41.4 Å². The van der Waals surface area contributed by atoms with Gasteiger partial charge in [0, 0.05) is 25.8 Å². The van der Waals surface area contributed by atoms with Crippen LogP contribution in [0.5, 0.6) is 0 Å². The van der Waals surface area contributed by atoms with E-state index in [1.165, 1.54) is 0 Å². The van der Waals surface area contributed by atoms with Crippen molar-refractivity contribution in [3.63, 3.8) is 0 Å². The number of aryl methyl sites for hydroxylation is 2. The van der Waals surface area contributed by atoms with Crippen LogP contribution in [0.1, 0.15) is 16.7 Å². The Labute approximate surface area is 148 Å². The van der Waals surface area contributed by atoms with E-state index in [0.717, 1.165) is 35.6 Å². The van der Waals surface area contributed by atoms with Crippen molar-refractivity contribution in [1.29, 1.82) is 0 Å². The molecule has 1 saturated heterocycles. The van der Waals surface area contributed by atoms with Crippen LogP contribution in [0.4, 0.5) is 5.82 Å². The summed E-state index contributed by atoms with van der Waals surface area (Å²) in [6.45, 7) is 6.96. The van der Waals surface area contributed by atoms with Gasteiger partial charge in [-0.15, -0.1) is 0 Å². The first-order valence-electron chi connectivity index (χ1n) is 8.30. The second-order valence-corrected chi connectivity index (χ2v) is 7.95. The van der Waals surface area contributed by atoms with Gasteiger partial charge in [0.1, 0.15) is 5.82 Å². The fraction of sp³-hybridized carbons (Fsp3) is 0.389. The molecule has 2 aromatic rings. The number of nitrogens with one attached hydrogen (secondary N) is 1. The number of benzene rings is 1. The van der Waals surface area contributed by atoms with Crippen LogP contribution in [0.3, 0.4) is 0 Å². The van der Waals surface area contributed by atoms with Crippen molar-refractivity contribution in [1.82, 2.24) is 9.71 Å². The molecule has 1 aromatic heterocycles. The summed E-state index contributed by atoms with van der Waals surface area (Å²) in [5, 5.41) is 0. The maximum Gasteiger partial charge on any atom is 0.241 e. The maximum atomic E-state index is 12.5. The van der Waals surface area contributed by atoms with Gasteiger partial charge in [-0.2, -0.15) is 0 Å². The molecule has 0 amide bonds. The zero-order chi connectivity index (χ0) is 17.9. The zero-order valence-electron chi connectivity index (χ0n) is 14.5. The summed E-state index contributed by atoms with van der Waals surface area (Å²) in [6.07, 6.45) is 1.72. The van der Waals surface area contributed by atoms with E-state index in [-0.39, 0.29) is 6.54 Å². The lowest BCUT2D eigenvalue weighted by atomic mass is 10.2. The number of hydrogen-bond acceptors (Lipinski definition) is 5. The molecule has 0 atom stereocenters. The SMILES string of the molecule is Cc1ccc(C)c(S(=O)(=O)NCc2ccc(N3CCOCC3)nc2)c1. The van der Waals surface area contributed by atoms with E-state index in [4.69, 9.17) is 4.74 Å². The van der Waals surface area contributed by atoms with Crippen LogP contribution >= 0.6 is 0 Å². The lowest BCUT2D eigenvalue weighted by Crippen LogP contribution is -2.36. The Hall–Kier alpha value is -1.96. The van der Waals surface area contributed by atoms with Crippen molar-refractivity contribution >= 4 is 15.8 Å². The van der Waals surface area contributed by atoms with Crippen LogP contribution in [0.2, 0.25) is 0 Å². The van der Waals surface area contributed by atoms with Gasteiger partial charge < -0.3 is 9.64 Å². The second-order valence-electron chi connectivity index (χ2n) is 6.22. The molecule has 0 bridgehead atoms. The van der Waals surface area contributed by atoms with Gasteiger partial charge in [-0.25, -0.2) is 18.1 Å². The van der Waals surface area contributed by atoms with E-state index >= 15 is 0 Å². The Bertz CT molecular complexity index is 829. The fourth-order valence-electron chi connectivity index (χ4n) is 2.75. The van der Waals surface area contributed by atoms with Gasteiger partial charge in [0.25, 0.3) is 0 Å². The van der Waals surface area contributed by atoms with E-state index in [1.807, 2.05) is 31.2 Å². The zero-order valence-corrected chi connectivity index (χ0v) is 15.3. The number of hydrogen-bond donors (Lipinski definition) is 1. The molecule has 7 heteroatoms. The first kappa shape index (κ1) is 17.8. The molecule has 6 nitrogen and oxygen atoms in total. The van der Waals surface area contributed by atoms with Gasteiger partial charge in [-0.05, 0) is 42.7 Å². The van der Waals surface area contributed by atoms with Crippen LogP contribution in [0.25, 0.3) is 0 Å². The largest absolute Gasteiger partial charge is 0.378 e. The van der Waals surface area contributed by atoms with Crippen LogP contribution in [-0.4, -0.2) is 39.7 Å². The minimum atomic E-state index is -3.55. The summed E-state index contributed by atoms with van der Waals surface area (Å²) >= 11 is 0. The van der Waals surface area contributed by atoms with Crippen molar-refractivity contribution in [2.75, 3.05) is 31.2 Å². The molecule has 1 fully saturated rings. The quantitative estimate of drug-likeness (QED) is 0.882. The highest BCUT2D eigenvalue weighted by Crippen LogP contribution is 2.17. The van der Waals surface area contributed by atoms with Crippen molar-refractivity contribution in [2.24, 2.45) is 0 Å². The summed E-state index contributed by atoms with van der Waals surface area (Å²) in [6, 6.07) is 9.25. The summed E-state index contributed by atoms with van der Waals surface area (Å²) in [5.41, 5.74) is 2.48. The number of pyridine rings is 1. The molecule has 0 saturated carbocycles. The van der Waals surface area contributed by atoms with Gasteiger partial charge >= 0.3 is 0 Å². The summed E-state index contributed by atoms with van der Waals surface area (Å²) in [5.74, 6) is 0.893. The predicted octanol–water partition coefficient (Wildman–Crippen LogP) is 2.01. The highest BCUT2D eigenvalue weighted by atomic mass is 32.2. The number of ether oxygens (including phenoxy) is 1. The molecule has 1 N–H and O–H groups in total. The standard InChI is InChI=1S/C18H23N3O3S/c1-14-3-4-15(2)17(11-14)25(22,23)20-13-16-5-6-18(19-12-16)21-7-9-24-10-8-21/h3-6,11-12,20H,7-10,13H2,1-2H3. The molecule has 134 valence electrons. The first-order chi connectivity index (χ1) is 12.0. The van der Waals surface area contributed by atoms with Crippen LogP contribution < -0.4 is 9.62 Å². The van der Waals surface area contributed by atoms with E-state index in [9.17, 15) is 8.42 Å². The molecule has 3 rings (SSSR count). The monoisotopic (exact) mass is 361 g/mol. The van der Waals surface area contributed by atoms with Gasteiger partial charge in [0.05, 0.1) is 18.1 Å². The molecule has 2 heterocycles. The van der Waals surface area contributed by atoms with E-state index in [1.54, 1.807) is 19.2 Å². The third kappa shape index (κ3) is 4.36. The molecule has 0 unspecified atom stereocenters. The number of morpholine rings is 1. The predicted molar refractivity (Wildman–Crippen MR) is 97.2 cm³/mol. The van der Waals surface area contributed by atoms with E-state index in [2.05, 4.69) is 14.6 Å². The topological polar surface area (TPSA) is 71.5 Å². The van der Waals surface area contributed by atoms with Gasteiger partial charge in [0.2, 0.25) is 10.0 Å². The molecule has 1 aromatic carbocycles.